The van der Waals surface area contributed by atoms with Gasteiger partial charge in [0.1, 0.15) is 5.41 Å². The summed E-state index contributed by atoms with van der Waals surface area (Å²) in [7, 11) is 0. The van der Waals surface area contributed by atoms with Gasteiger partial charge in [-0.3, -0.25) is 4.79 Å². The Bertz CT molecular complexity index is 443. The first-order valence-corrected chi connectivity index (χ1v) is 8.34. The summed E-state index contributed by atoms with van der Waals surface area (Å²) in [5, 5.41) is 12.2. The molecule has 2 atom stereocenters. The number of hydrogen-bond acceptors (Lipinski definition) is 3. The summed E-state index contributed by atoms with van der Waals surface area (Å²) in [6, 6.07) is 0. The maximum absolute atomic E-state index is 13.0. The number of nitrogens with zero attached hydrogens (tertiary/aromatic N) is 2. The highest BCUT2D eigenvalue weighted by Crippen LogP contribution is 2.48. The van der Waals surface area contributed by atoms with E-state index in [-0.39, 0.29) is 11.7 Å². The molecule has 1 saturated heterocycles. The SMILES string of the molecule is CC1CC(C(=O)N2CCC3CCCCC3C2)(C(N)=NO)C1. The quantitative estimate of drug-likeness (QED) is 0.354. The number of carbonyl (C=O) groups is 1. The van der Waals surface area contributed by atoms with E-state index in [1.165, 1.54) is 25.7 Å². The van der Waals surface area contributed by atoms with E-state index in [1.807, 2.05) is 4.90 Å². The lowest BCUT2D eigenvalue weighted by molar-refractivity contribution is -0.147. The van der Waals surface area contributed by atoms with Gasteiger partial charge in [-0.1, -0.05) is 31.3 Å². The van der Waals surface area contributed by atoms with E-state index in [4.69, 9.17) is 10.9 Å². The molecule has 5 nitrogen and oxygen atoms in total. The number of rotatable bonds is 2. The van der Waals surface area contributed by atoms with Gasteiger partial charge in [0.25, 0.3) is 0 Å². The molecule has 1 heterocycles. The van der Waals surface area contributed by atoms with Crippen molar-refractivity contribution in [1.29, 1.82) is 0 Å². The Labute approximate surface area is 126 Å². The fourth-order valence-corrected chi connectivity index (χ4v) is 4.81. The molecule has 0 radical (unpaired) electrons. The summed E-state index contributed by atoms with van der Waals surface area (Å²) in [4.78, 5) is 15.0. The first-order valence-electron chi connectivity index (χ1n) is 8.34. The second kappa shape index (κ2) is 5.50. The van der Waals surface area contributed by atoms with Crippen LogP contribution in [0.1, 0.15) is 51.9 Å². The average molecular weight is 293 g/mol. The number of amides is 1. The number of likely N-dealkylation sites (tertiary alicyclic amines) is 1. The lowest BCUT2D eigenvalue weighted by atomic mass is 9.60. The Balaban J connectivity index is 1.72. The van der Waals surface area contributed by atoms with Gasteiger partial charge in [0, 0.05) is 13.1 Å². The first-order chi connectivity index (χ1) is 10.1. The van der Waals surface area contributed by atoms with Gasteiger partial charge in [0.15, 0.2) is 5.84 Å². The summed E-state index contributed by atoms with van der Waals surface area (Å²) < 4.78 is 0. The molecule has 0 spiro atoms. The third kappa shape index (κ3) is 2.40. The van der Waals surface area contributed by atoms with Crippen molar-refractivity contribution in [2.24, 2.45) is 34.1 Å². The number of hydrogen-bond donors (Lipinski definition) is 2. The standard InChI is InChI=1S/C16H27N3O2/c1-11-8-16(9-11,14(17)18-21)15(20)19-7-6-12-4-2-3-5-13(12)10-19/h11-13,21H,2-10H2,1H3,(H2,17,18). The van der Waals surface area contributed by atoms with Gasteiger partial charge in [-0.2, -0.15) is 0 Å². The van der Waals surface area contributed by atoms with Crippen LogP contribution in [-0.4, -0.2) is 34.9 Å². The highest BCUT2D eigenvalue weighted by atomic mass is 16.4. The third-order valence-corrected chi connectivity index (χ3v) is 5.98. The molecule has 3 N–H and O–H groups in total. The lowest BCUT2D eigenvalue weighted by Crippen LogP contribution is -2.59. The maximum Gasteiger partial charge on any atom is 0.236 e. The van der Waals surface area contributed by atoms with Gasteiger partial charge < -0.3 is 15.8 Å². The molecule has 21 heavy (non-hydrogen) atoms. The maximum atomic E-state index is 13.0. The molecule has 0 aromatic rings. The van der Waals surface area contributed by atoms with Crippen LogP contribution in [-0.2, 0) is 4.79 Å². The Morgan fingerprint density at radius 3 is 2.52 bits per heavy atom. The second-order valence-electron chi connectivity index (χ2n) is 7.43. The molecule has 118 valence electrons. The predicted molar refractivity (Wildman–Crippen MR) is 80.9 cm³/mol. The van der Waals surface area contributed by atoms with Crippen LogP contribution in [0.4, 0.5) is 0 Å². The zero-order valence-electron chi connectivity index (χ0n) is 12.9. The van der Waals surface area contributed by atoms with Gasteiger partial charge in [0.05, 0.1) is 0 Å². The Morgan fingerprint density at radius 2 is 1.90 bits per heavy atom. The first kappa shape index (κ1) is 14.7. The van der Waals surface area contributed by atoms with Crippen LogP contribution in [0.2, 0.25) is 0 Å². The molecule has 0 aromatic heterocycles. The minimum atomic E-state index is -0.727. The summed E-state index contributed by atoms with van der Waals surface area (Å²) in [6.45, 7) is 3.83. The molecule has 1 aliphatic heterocycles. The van der Waals surface area contributed by atoms with Crippen molar-refractivity contribution in [2.45, 2.75) is 51.9 Å². The molecule has 1 amide bonds. The summed E-state index contributed by atoms with van der Waals surface area (Å²) in [5.41, 5.74) is 5.14. The monoisotopic (exact) mass is 293 g/mol. The van der Waals surface area contributed by atoms with Crippen LogP contribution in [0.5, 0.6) is 0 Å². The van der Waals surface area contributed by atoms with Crippen LogP contribution in [0.25, 0.3) is 0 Å². The van der Waals surface area contributed by atoms with Gasteiger partial charge in [0.2, 0.25) is 5.91 Å². The van der Waals surface area contributed by atoms with Gasteiger partial charge in [-0.15, -0.1) is 0 Å². The molecular formula is C16H27N3O2. The minimum absolute atomic E-state index is 0.0972. The average Bonchev–Trinajstić information content (AvgIpc) is 2.49. The van der Waals surface area contributed by atoms with E-state index < -0.39 is 5.41 Å². The predicted octanol–water partition coefficient (Wildman–Crippen LogP) is 2.19. The number of nitrogens with two attached hydrogens (primary N) is 1. The van der Waals surface area contributed by atoms with Gasteiger partial charge in [-0.05, 0) is 43.4 Å². The minimum Gasteiger partial charge on any atom is -0.409 e. The molecule has 2 unspecified atom stereocenters. The largest absolute Gasteiger partial charge is 0.409 e. The Hall–Kier alpha value is -1.26. The van der Waals surface area contributed by atoms with Crippen molar-refractivity contribution >= 4 is 11.7 Å². The molecule has 0 aromatic carbocycles. The van der Waals surface area contributed by atoms with Crippen molar-refractivity contribution in [3.05, 3.63) is 0 Å². The van der Waals surface area contributed by atoms with Gasteiger partial charge in [-0.25, -0.2) is 0 Å². The number of fused-ring (bicyclic) bond motifs is 1. The highest BCUT2D eigenvalue weighted by Gasteiger charge is 2.54. The Kier molecular flexibility index (Phi) is 3.84. The molecule has 2 aliphatic carbocycles. The van der Waals surface area contributed by atoms with Crippen molar-refractivity contribution < 1.29 is 10.0 Å². The topological polar surface area (TPSA) is 78.9 Å². The zero-order valence-corrected chi connectivity index (χ0v) is 12.9. The number of amidine groups is 1. The lowest BCUT2D eigenvalue weighted by Gasteiger charge is -2.49. The molecule has 0 bridgehead atoms. The second-order valence-corrected chi connectivity index (χ2v) is 7.43. The number of oxime groups is 1. The molecule has 3 fully saturated rings. The summed E-state index contributed by atoms with van der Waals surface area (Å²) in [5.74, 6) is 2.15. The molecule has 3 rings (SSSR count). The molecule has 5 heteroatoms. The fraction of sp³-hybridized carbons (Fsp3) is 0.875. The summed E-state index contributed by atoms with van der Waals surface area (Å²) in [6.07, 6.45) is 7.78. The van der Waals surface area contributed by atoms with E-state index in [0.29, 0.717) is 24.7 Å². The van der Waals surface area contributed by atoms with Crippen molar-refractivity contribution in [1.82, 2.24) is 4.90 Å². The van der Waals surface area contributed by atoms with Crippen molar-refractivity contribution in [3.63, 3.8) is 0 Å². The van der Waals surface area contributed by atoms with E-state index >= 15 is 0 Å². The molecular weight excluding hydrogens is 266 g/mol. The van der Waals surface area contributed by atoms with Crippen LogP contribution >= 0.6 is 0 Å². The van der Waals surface area contributed by atoms with Crippen LogP contribution in [0.3, 0.4) is 0 Å². The molecule has 2 saturated carbocycles. The fourth-order valence-electron chi connectivity index (χ4n) is 4.81. The third-order valence-electron chi connectivity index (χ3n) is 5.98. The van der Waals surface area contributed by atoms with Crippen LogP contribution in [0.15, 0.2) is 5.16 Å². The normalized spacial score (nSPS) is 40.3. The smallest absolute Gasteiger partial charge is 0.236 e. The Morgan fingerprint density at radius 1 is 1.24 bits per heavy atom. The summed E-state index contributed by atoms with van der Waals surface area (Å²) >= 11 is 0. The van der Waals surface area contributed by atoms with E-state index in [2.05, 4.69) is 12.1 Å². The van der Waals surface area contributed by atoms with E-state index in [9.17, 15) is 4.79 Å². The van der Waals surface area contributed by atoms with Crippen molar-refractivity contribution in [3.8, 4) is 0 Å². The zero-order chi connectivity index (χ0) is 15.0. The van der Waals surface area contributed by atoms with Crippen LogP contribution < -0.4 is 5.73 Å². The van der Waals surface area contributed by atoms with E-state index in [1.54, 1.807) is 0 Å². The number of piperidine rings is 1. The van der Waals surface area contributed by atoms with Gasteiger partial charge >= 0.3 is 0 Å². The highest BCUT2D eigenvalue weighted by molar-refractivity contribution is 6.07. The van der Waals surface area contributed by atoms with Crippen molar-refractivity contribution in [2.75, 3.05) is 13.1 Å². The van der Waals surface area contributed by atoms with Crippen LogP contribution in [0, 0.1) is 23.2 Å². The number of carbonyl (C=O) groups excluding carboxylic acids is 1. The van der Waals surface area contributed by atoms with E-state index in [0.717, 1.165) is 25.4 Å². The molecule has 3 aliphatic rings.